The summed E-state index contributed by atoms with van der Waals surface area (Å²) in [5.41, 5.74) is 1.37. The van der Waals surface area contributed by atoms with Crippen molar-refractivity contribution in [3.63, 3.8) is 0 Å². The molecule has 0 amide bonds. The standard InChI is InChI=1S/C26H32O9/c1-9-10-18-11-20(29-5)25(21(12-18)30-6)33-15(2)24(34-16(3)27)19-13-22(31-7)26(35-17(4)28)23(14-19)32-8/h9-15,24H,1-8H3/b10-9+/t15-,24+/m1/s1. The molecule has 0 saturated carbocycles. The first kappa shape index (κ1) is 27.4. The van der Waals surface area contributed by atoms with Crippen molar-refractivity contribution in [2.75, 3.05) is 28.4 Å². The number of rotatable bonds is 11. The summed E-state index contributed by atoms with van der Waals surface area (Å²) in [5.74, 6) is 0.762. The lowest BCUT2D eigenvalue weighted by Gasteiger charge is -2.27. The Balaban J connectivity index is 2.56. The number of methoxy groups -OCH3 is 4. The van der Waals surface area contributed by atoms with E-state index in [2.05, 4.69) is 0 Å². The quantitative estimate of drug-likeness (QED) is 0.328. The van der Waals surface area contributed by atoms with Gasteiger partial charge in [-0.3, -0.25) is 9.59 Å². The van der Waals surface area contributed by atoms with E-state index in [-0.39, 0.29) is 17.2 Å². The Morgan fingerprint density at radius 1 is 0.771 bits per heavy atom. The van der Waals surface area contributed by atoms with Crippen LogP contribution in [0.15, 0.2) is 30.3 Å². The summed E-state index contributed by atoms with van der Waals surface area (Å²) in [5, 5.41) is 0. The Hall–Kier alpha value is -3.88. The van der Waals surface area contributed by atoms with Gasteiger partial charge < -0.3 is 33.2 Å². The zero-order valence-corrected chi connectivity index (χ0v) is 21.3. The Kier molecular flexibility index (Phi) is 9.81. The molecule has 0 saturated heterocycles. The van der Waals surface area contributed by atoms with Crippen molar-refractivity contribution in [1.29, 1.82) is 0 Å². The maximum atomic E-state index is 12.0. The Bertz CT molecular complexity index is 1020. The first-order valence-corrected chi connectivity index (χ1v) is 10.9. The van der Waals surface area contributed by atoms with E-state index in [9.17, 15) is 9.59 Å². The van der Waals surface area contributed by atoms with E-state index in [1.807, 2.05) is 31.2 Å². The highest BCUT2D eigenvalue weighted by Gasteiger charge is 2.30. The molecule has 0 bridgehead atoms. The molecule has 2 aromatic rings. The van der Waals surface area contributed by atoms with Crippen molar-refractivity contribution in [3.8, 4) is 34.5 Å². The average Bonchev–Trinajstić information content (AvgIpc) is 2.82. The van der Waals surface area contributed by atoms with Crippen molar-refractivity contribution < 1.29 is 42.7 Å². The number of esters is 2. The smallest absolute Gasteiger partial charge is 0.308 e. The van der Waals surface area contributed by atoms with Gasteiger partial charge in [0.05, 0.1) is 28.4 Å². The lowest BCUT2D eigenvalue weighted by molar-refractivity contribution is -0.151. The molecular formula is C26H32O9. The zero-order valence-electron chi connectivity index (χ0n) is 21.3. The van der Waals surface area contributed by atoms with Crippen LogP contribution in [0.3, 0.4) is 0 Å². The van der Waals surface area contributed by atoms with Gasteiger partial charge in [-0.2, -0.15) is 0 Å². The summed E-state index contributed by atoms with van der Waals surface area (Å²) in [6.45, 7) is 6.22. The van der Waals surface area contributed by atoms with Gasteiger partial charge in [-0.25, -0.2) is 0 Å². The van der Waals surface area contributed by atoms with E-state index >= 15 is 0 Å². The molecule has 0 aliphatic rings. The highest BCUT2D eigenvalue weighted by atomic mass is 16.6. The van der Waals surface area contributed by atoms with E-state index in [1.165, 1.54) is 42.3 Å². The maximum Gasteiger partial charge on any atom is 0.308 e. The molecule has 9 heteroatoms. The lowest BCUT2D eigenvalue weighted by atomic mass is 10.0. The Morgan fingerprint density at radius 3 is 1.66 bits per heavy atom. The Labute approximate surface area is 205 Å². The molecule has 2 aromatic carbocycles. The molecule has 0 aromatic heterocycles. The minimum atomic E-state index is -0.883. The number of hydrogen-bond donors (Lipinski definition) is 0. The summed E-state index contributed by atoms with van der Waals surface area (Å²) < 4.78 is 39.0. The van der Waals surface area contributed by atoms with Crippen molar-refractivity contribution in [2.24, 2.45) is 0 Å². The van der Waals surface area contributed by atoms with Gasteiger partial charge in [-0.1, -0.05) is 12.2 Å². The van der Waals surface area contributed by atoms with Gasteiger partial charge in [0.1, 0.15) is 6.10 Å². The van der Waals surface area contributed by atoms with E-state index in [1.54, 1.807) is 19.1 Å². The fourth-order valence-corrected chi connectivity index (χ4v) is 3.48. The number of allylic oxidation sites excluding steroid dienone is 1. The molecule has 0 unspecified atom stereocenters. The molecule has 0 heterocycles. The number of ether oxygens (including phenoxy) is 7. The summed E-state index contributed by atoms with van der Waals surface area (Å²) in [4.78, 5) is 23.6. The number of carbonyl (C=O) groups is 2. The van der Waals surface area contributed by atoms with Crippen LogP contribution in [0.25, 0.3) is 6.08 Å². The predicted molar refractivity (Wildman–Crippen MR) is 130 cm³/mol. The number of benzene rings is 2. The topological polar surface area (TPSA) is 98.8 Å². The Morgan fingerprint density at radius 2 is 1.26 bits per heavy atom. The van der Waals surface area contributed by atoms with Crippen molar-refractivity contribution >= 4 is 18.0 Å². The van der Waals surface area contributed by atoms with Crippen LogP contribution in [0.2, 0.25) is 0 Å². The zero-order chi connectivity index (χ0) is 26.1. The highest BCUT2D eigenvalue weighted by Crippen LogP contribution is 2.44. The van der Waals surface area contributed by atoms with Crippen LogP contribution >= 0.6 is 0 Å². The van der Waals surface area contributed by atoms with Crippen molar-refractivity contribution in [1.82, 2.24) is 0 Å². The van der Waals surface area contributed by atoms with Crippen LogP contribution in [0, 0.1) is 0 Å². The summed E-state index contributed by atoms with van der Waals surface area (Å²) in [6.07, 6.45) is 2.21. The van der Waals surface area contributed by atoms with E-state index in [0.29, 0.717) is 22.8 Å². The SMILES string of the molecule is C/C=C/c1cc(OC)c(O[C@H](C)[C@H](OC(C)=O)c2cc(OC)c(OC(C)=O)c(OC)c2)c(OC)c1. The predicted octanol–water partition coefficient (Wildman–Crippen LogP) is 4.75. The normalized spacial score (nSPS) is 12.5. The number of hydrogen-bond acceptors (Lipinski definition) is 9. The van der Waals surface area contributed by atoms with Gasteiger partial charge in [0.25, 0.3) is 0 Å². The summed E-state index contributed by atoms with van der Waals surface area (Å²) in [6, 6.07) is 6.81. The molecule has 190 valence electrons. The molecular weight excluding hydrogens is 456 g/mol. The van der Waals surface area contributed by atoms with Crippen molar-refractivity contribution in [3.05, 3.63) is 41.5 Å². The molecule has 0 spiro atoms. The number of carbonyl (C=O) groups excluding carboxylic acids is 2. The van der Waals surface area contributed by atoms with Crippen LogP contribution in [-0.4, -0.2) is 46.5 Å². The largest absolute Gasteiger partial charge is 0.493 e. The lowest BCUT2D eigenvalue weighted by Crippen LogP contribution is -2.26. The first-order valence-electron chi connectivity index (χ1n) is 10.9. The third kappa shape index (κ3) is 6.81. The monoisotopic (exact) mass is 488 g/mol. The fraction of sp³-hybridized carbons (Fsp3) is 0.385. The highest BCUT2D eigenvalue weighted by molar-refractivity contribution is 5.72. The molecule has 0 N–H and O–H groups in total. The minimum absolute atomic E-state index is 0.115. The van der Waals surface area contributed by atoms with Gasteiger partial charge in [0.2, 0.25) is 11.5 Å². The molecule has 9 nitrogen and oxygen atoms in total. The second-order valence-electron chi connectivity index (χ2n) is 7.46. The third-order valence-corrected chi connectivity index (χ3v) is 4.92. The summed E-state index contributed by atoms with van der Waals surface area (Å²) >= 11 is 0. The molecule has 0 radical (unpaired) electrons. The summed E-state index contributed by atoms with van der Waals surface area (Å²) in [7, 11) is 5.90. The second-order valence-corrected chi connectivity index (χ2v) is 7.46. The molecule has 0 aliphatic heterocycles. The van der Waals surface area contributed by atoms with Gasteiger partial charge in [-0.05, 0) is 43.7 Å². The molecule has 2 rings (SSSR count). The molecule has 0 aliphatic carbocycles. The van der Waals surface area contributed by atoms with Crippen LogP contribution in [0.4, 0.5) is 0 Å². The molecule has 0 fully saturated rings. The van der Waals surface area contributed by atoms with Crippen LogP contribution < -0.4 is 28.4 Å². The first-order chi connectivity index (χ1) is 16.7. The van der Waals surface area contributed by atoms with E-state index in [4.69, 9.17) is 33.2 Å². The second kappa shape index (κ2) is 12.5. The van der Waals surface area contributed by atoms with Crippen LogP contribution in [-0.2, 0) is 14.3 Å². The van der Waals surface area contributed by atoms with E-state index in [0.717, 1.165) is 5.56 Å². The molecule has 35 heavy (non-hydrogen) atoms. The molecule has 2 atom stereocenters. The minimum Gasteiger partial charge on any atom is -0.493 e. The average molecular weight is 489 g/mol. The van der Waals surface area contributed by atoms with Crippen LogP contribution in [0.1, 0.15) is 44.9 Å². The van der Waals surface area contributed by atoms with Crippen molar-refractivity contribution in [2.45, 2.75) is 39.9 Å². The van der Waals surface area contributed by atoms with Gasteiger partial charge in [0.15, 0.2) is 29.1 Å². The van der Waals surface area contributed by atoms with E-state index < -0.39 is 24.1 Å². The maximum absolute atomic E-state index is 12.0. The van der Waals surface area contributed by atoms with Gasteiger partial charge >= 0.3 is 11.9 Å². The van der Waals surface area contributed by atoms with Gasteiger partial charge in [-0.15, -0.1) is 0 Å². The third-order valence-electron chi connectivity index (χ3n) is 4.92. The fourth-order valence-electron chi connectivity index (χ4n) is 3.48. The van der Waals surface area contributed by atoms with Gasteiger partial charge in [0, 0.05) is 19.4 Å². The van der Waals surface area contributed by atoms with Crippen LogP contribution in [0.5, 0.6) is 34.5 Å².